The first-order valence-corrected chi connectivity index (χ1v) is 6.29. The van der Waals surface area contributed by atoms with E-state index in [0.29, 0.717) is 5.56 Å². The van der Waals surface area contributed by atoms with Crippen molar-refractivity contribution >= 4 is 12.0 Å². The lowest BCUT2D eigenvalue weighted by atomic mass is 10.1. The van der Waals surface area contributed by atoms with Crippen LogP contribution in [0.1, 0.15) is 22.3 Å². The van der Waals surface area contributed by atoms with E-state index in [2.05, 4.69) is 10.6 Å². The Kier molecular flexibility index (Phi) is 6.17. The second-order valence-corrected chi connectivity index (χ2v) is 4.46. The number of nitrogens with one attached hydrogen (secondary N) is 2. The van der Waals surface area contributed by atoms with Gasteiger partial charge in [0.05, 0.1) is 5.56 Å². The Labute approximate surface area is 123 Å². The lowest BCUT2D eigenvalue weighted by Gasteiger charge is -2.14. The first-order chi connectivity index (χ1) is 10.2. The molecule has 0 saturated heterocycles. The molecule has 1 aromatic rings. The van der Waals surface area contributed by atoms with Crippen LogP contribution in [0.3, 0.4) is 0 Å². The van der Waals surface area contributed by atoms with Gasteiger partial charge in [-0.1, -0.05) is 12.1 Å². The fourth-order valence-corrected chi connectivity index (χ4v) is 1.50. The molecule has 0 spiro atoms. The van der Waals surface area contributed by atoms with Crippen LogP contribution in [0, 0.1) is 0 Å². The molecule has 6 nitrogen and oxygen atoms in total. The standard InChI is InChI=1S/C13H15F3N2O4/c14-13(15,16)10(19)5-6-17-12(22)18-7-8-1-3-9(4-2-8)11(20)21/h1-4,10,19H,5-7H2,(H,20,21)(H2,17,18,22). The molecule has 1 rings (SSSR count). The van der Waals surface area contributed by atoms with E-state index in [0.717, 1.165) is 0 Å². The second-order valence-electron chi connectivity index (χ2n) is 4.46. The van der Waals surface area contributed by atoms with Gasteiger partial charge >= 0.3 is 18.2 Å². The predicted octanol–water partition coefficient (Wildman–Crippen LogP) is 1.50. The van der Waals surface area contributed by atoms with Crippen molar-refractivity contribution in [1.82, 2.24) is 10.6 Å². The Balaban J connectivity index is 2.30. The maximum atomic E-state index is 12.0. The van der Waals surface area contributed by atoms with Crippen LogP contribution in [0.15, 0.2) is 24.3 Å². The van der Waals surface area contributed by atoms with E-state index in [1.807, 2.05) is 0 Å². The van der Waals surface area contributed by atoms with Crippen molar-refractivity contribution in [2.75, 3.05) is 6.54 Å². The molecule has 2 amide bonds. The number of hydrogen-bond donors (Lipinski definition) is 4. The van der Waals surface area contributed by atoms with Crippen LogP contribution < -0.4 is 10.6 Å². The monoisotopic (exact) mass is 320 g/mol. The maximum absolute atomic E-state index is 12.0. The zero-order valence-electron chi connectivity index (χ0n) is 11.4. The van der Waals surface area contributed by atoms with Crippen LogP contribution in [0.2, 0.25) is 0 Å². The summed E-state index contributed by atoms with van der Waals surface area (Å²) in [7, 11) is 0. The molecule has 4 N–H and O–H groups in total. The van der Waals surface area contributed by atoms with Gasteiger partial charge in [0.2, 0.25) is 0 Å². The van der Waals surface area contributed by atoms with E-state index in [1.54, 1.807) is 0 Å². The van der Waals surface area contributed by atoms with Gasteiger partial charge in [-0.25, -0.2) is 9.59 Å². The second kappa shape index (κ2) is 7.64. The number of carbonyl (C=O) groups excluding carboxylic acids is 1. The quantitative estimate of drug-likeness (QED) is 0.638. The first kappa shape index (κ1) is 17.8. The van der Waals surface area contributed by atoms with Crippen molar-refractivity contribution in [3.05, 3.63) is 35.4 Å². The van der Waals surface area contributed by atoms with Gasteiger partial charge in [0.1, 0.15) is 0 Å². The van der Waals surface area contributed by atoms with E-state index in [1.165, 1.54) is 24.3 Å². The van der Waals surface area contributed by atoms with Gasteiger partial charge in [-0.05, 0) is 24.1 Å². The number of hydrogen-bond acceptors (Lipinski definition) is 3. The van der Waals surface area contributed by atoms with Crippen molar-refractivity contribution in [3.8, 4) is 0 Å². The molecular weight excluding hydrogens is 305 g/mol. The lowest BCUT2D eigenvalue weighted by molar-refractivity contribution is -0.204. The van der Waals surface area contributed by atoms with E-state index in [-0.39, 0.29) is 18.7 Å². The fraction of sp³-hybridized carbons (Fsp3) is 0.385. The van der Waals surface area contributed by atoms with Crippen molar-refractivity contribution in [2.24, 2.45) is 0 Å². The highest BCUT2D eigenvalue weighted by Crippen LogP contribution is 2.21. The molecule has 0 fully saturated rings. The molecule has 9 heteroatoms. The minimum atomic E-state index is -4.70. The summed E-state index contributed by atoms with van der Waals surface area (Å²) < 4.78 is 36.0. The van der Waals surface area contributed by atoms with Crippen LogP contribution in [-0.4, -0.2) is 41.0 Å². The number of alkyl halides is 3. The van der Waals surface area contributed by atoms with E-state index < -0.39 is 30.7 Å². The van der Waals surface area contributed by atoms with Crippen molar-refractivity contribution in [3.63, 3.8) is 0 Å². The van der Waals surface area contributed by atoms with Gasteiger partial charge in [-0.15, -0.1) is 0 Å². The minimum absolute atomic E-state index is 0.0908. The Bertz CT molecular complexity index is 517. The Morgan fingerprint density at radius 3 is 2.23 bits per heavy atom. The number of amides is 2. The van der Waals surface area contributed by atoms with Gasteiger partial charge < -0.3 is 20.8 Å². The third-order valence-electron chi connectivity index (χ3n) is 2.74. The molecule has 1 aromatic carbocycles. The Morgan fingerprint density at radius 1 is 1.14 bits per heavy atom. The van der Waals surface area contributed by atoms with Gasteiger partial charge in [0.25, 0.3) is 0 Å². The molecule has 22 heavy (non-hydrogen) atoms. The first-order valence-electron chi connectivity index (χ1n) is 6.29. The highest BCUT2D eigenvalue weighted by Gasteiger charge is 2.37. The van der Waals surface area contributed by atoms with Crippen molar-refractivity contribution < 1.29 is 33.0 Å². The summed E-state index contributed by atoms with van der Waals surface area (Å²) in [4.78, 5) is 22.0. The number of carbonyl (C=O) groups is 2. The predicted molar refractivity (Wildman–Crippen MR) is 70.3 cm³/mol. The van der Waals surface area contributed by atoms with Gasteiger partial charge in [-0.2, -0.15) is 13.2 Å². The van der Waals surface area contributed by atoms with Crippen LogP contribution in [0.4, 0.5) is 18.0 Å². The number of rotatable bonds is 6. The summed E-state index contributed by atoms with van der Waals surface area (Å²) in [5.41, 5.74) is 0.741. The molecule has 0 aromatic heterocycles. The van der Waals surface area contributed by atoms with E-state index >= 15 is 0 Å². The molecule has 0 bridgehead atoms. The topological polar surface area (TPSA) is 98.7 Å². The summed E-state index contributed by atoms with van der Waals surface area (Å²) >= 11 is 0. The number of aliphatic hydroxyl groups is 1. The molecule has 0 radical (unpaired) electrons. The molecule has 0 aliphatic rings. The van der Waals surface area contributed by atoms with Gasteiger partial charge in [0.15, 0.2) is 6.10 Å². The number of carboxylic acid groups (broad SMARTS) is 1. The smallest absolute Gasteiger partial charge is 0.414 e. The summed E-state index contributed by atoms with van der Waals surface area (Å²) in [6.07, 6.45) is -7.81. The molecule has 0 heterocycles. The summed E-state index contributed by atoms with van der Waals surface area (Å²) in [5, 5.41) is 22.0. The van der Waals surface area contributed by atoms with Gasteiger partial charge in [0, 0.05) is 13.1 Å². The summed E-state index contributed by atoms with van der Waals surface area (Å²) in [6.45, 7) is -0.238. The Morgan fingerprint density at radius 2 is 1.73 bits per heavy atom. The zero-order chi connectivity index (χ0) is 16.8. The number of urea groups is 1. The van der Waals surface area contributed by atoms with Crippen molar-refractivity contribution in [2.45, 2.75) is 25.2 Å². The van der Waals surface area contributed by atoms with Crippen molar-refractivity contribution in [1.29, 1.82) is 0 Å². The van der Waals surface area contributed by atoms with Crippen LogP contribution in [-0.2, 0) is 6.54 Å². The van der Waals surface area contributed by atoms with E-state index in [9.17, 15) is 22.8 Å². The van der Waals surface area contributed by atoms with Crippen LogP contribution >= 0.6 is 0 Å². The Hall–Kier alpha value is -2.29. The minimum Gasteiger partial charge on any atom is -0.478 e. The normalized spacial score (nSPS) is 12.5. The average molecular weight is 320 g/mol. The highest BCUT2D eigenvalue weighted by atomic mass is 19.4. The average Bonchev–Trinajstić information content (AvgIpc) is 2.44. The summed E-state index contributed by atoms with van der Waals surface area (Å²) in [5.74, 6) is -1.07. The largest absolute Gasteiger partial charge is 0.478 e. The molecule has 0 aliphatic heterocycles. The SMILES string of the molecule is O=C(NCCC(O)C(F)(F)F)NCc1ccc(C(=O)O)cc1. The zero-order valence-corrected chi connectivity index (χ0v) is 11.4. The molecule has 0 aliphatic carbocycles. The van der Waals surface area contributed by atoms with Crippen LogP contribution in [0.25, 0.3) is 0 Å². The molecule has 1 unspecified atom stereocenters. The highest BCUT2D eigenvalue weighted by molar-refractivity contribution is 5.87. The summed E-state index contributed by atoms with van der Waals surface area (Å²) in [6, 6.07) is 5.08. The van der Waals surface area contributed by atoms with Gasteiger partial charge in [-0.3, -0.25) is 0 Å². The number of aromatic carboxylic acids is 1. The lowest BCUT2D eigenvalue weighted by Crippen LogP contribution is -2.38. The van der Waals surface area contributed by atoms with Crippen LogP contribution in [0.5, 0.6) is 0 Å². The number of carboxylic acids is 1. The maximum Gasteiger partial charge on any atom is 0.414 e. The fourth-order valence-electron chi connectivity index (χ4n) is 1.50. The number of halogens is 3. The van der Waals surface area contributed by atoms with E-state index in [4.69, 9.17) is 10.2 Å². The molecule has 0 saturated carbocycles. The molecule has 1 atom stereocenters. The third kappa shape index (κ3) is 6.00. The molecular formula is C13H15F3N2O4. The molecule has 122 valence electrons. The third-order valence-corrected chi connectivity index (χ3v) is 2.74. The number of benzene rings is 1. The number of aliphatic hydroxyl groups excluding tert-OH is 1.